The second kappa shape index (κ2) is 8.15. The van der Waals surface area contributed by atoms with Crippen LogP contribution in [0.15, 0.2) is 65.8 Å². The minimum absolute atomic E-state index is 0.179. The Morgan fingerprint density at radius 2 is 2.06 bits per heavy atom. The fourth-order valence-electron chi connectivity index (χ4n) is 4.26. The van der Waals surface area contributed by atoms with Crippen molar-refractivity contribution in [1.82, 2.24) is 14.5 Å². The van der Waals surface area contributed by atoms with Crippen LogP contribution < -0.4 is 5.56 Å². The van der Waals surface area contributed by atoms with Gasteiger partial charge in [0, 0.05) is 11.6 Å². The number of hydrogen-bond donors (Lipinski definition) is 1. The topological polar surface area (TPSA) is 109 Å². The number of rotatable bonds is 5. The zero-order valence-electron chi connectivity index (χ0n) is 17.3. The normalized spacial score (nSPS) is 17.0. The molecule has 1 saturated carbocycles. The van der Waals surface area contributed by atoms with E-state index in [9.17, 15) is 14.7 Å². The van der Waals surface area contributed by atoms with Crippen LogP contribution in [-0.2, 0) is 6.54 Å². The second-order valence-corrected chi connectivity index (χ2v) is 8.56. The van der Waals surface area contributed by atoms with E-state index in [1.165, 1.54) is 18.6 Å². The highest BCUT2D eigenvalue weighted by molar-refractivity contribution is 6.30. The molecule has 0 radical (unpaired) electrons. The van der Waals surface area contributed by atoms with Crippen LogP contribution in [0.4, 0.5) is 0 Å². The maximum Gasteiger partial charge on any atom is 0.335 e. The van der Waals surface area contributed by atoms with Crippen molar-refractivity contribution < 1.29 is 9.90 Å². The molecule has 2 aromatic carbocycles. The first-order valence-corrected chi connectivity index (χ1v) is 10.7. The fraction of sp³-hybridized carbons (Fsp3) is 0.160. The van der Waals surface area contributed by atoms with Crippen molar-refractivity contribution in [2.24, 2.45) is 5.92 Å². The number of aromatic nitrogens is 3. The van der Waals surface area contributed by atoms with Crippen molar-refractivity contribution in [2.45, 2.75) is 18.9 Å². The van der Waals surface area contributed by atoms with Crippen LogP contribution in [0.5, 0.6) is 0 Å². The summed E-state index contributed by atoms with van der Waals surface area (Å²) in [5.41, 5.74) is 3.41. The Bertz CT molecular complexity index is 1520. The quantitative estimate of drug-likeness (QED) is 0.474. The average molecular weight is 457 g/mol. The summed E-state index contributed by atoms with van der Waals surface area (Å²) in [6.45, 7) is 0.494. The number of carboxylic acid groups (broad SMARTS) is 1. The summed E-state index contributed by atoms with van der Waals surface area (Å²) < 4.78 is 1.58. The van der Waals surface area contributed by atoms with Gasteiger partial charge in [-0.3, -0.25) is 9.36 Å². The predicted molar refractivity (Wildman–Crippen MR) is 123 cm³/mol. The molecule has 1 aliphatic rings. The number of nitrogens with zero attached hydrogens (tertiary/aromatic N) is 4. The van der Waals surface area contributed by atoms with E-state index in [0.717, 1.165) is 23.1 Å². The predicted octanol–water partition coefficient (Wildman–Crippen LogP) is 4.49. The number of carboxylic acids is 1. The highest BCUT2D eigenvalue weighted by atomic mass is 35.5. The van der Waals surface area contributed by atoms with Gasteiger partial charge in [-0.15, -0.1) is 0 Å². The number of aromatic carboxylic acids is 1. The van der Waals surface area contributed by atoms with Crippen LogP contribution in [0, 0.1) is 17.2 Å². The van der Waals surface area contributed by atoms with Crippen molar-refractivity contribution >= 4 is 28.5 Å². The third kappa shape index (κ3) is 3.97. The molecule has 0 bridgehead atoms. The van der Waals surface area contributed by atoms with Gasteiger partial charge < -0.3 is 5.11 Å². The highest BCUT2D eigenvalue weighted by Crippen LogP contribution is 2.51. The van der Waals surface area contributed by atoms with E-state index >= 15 is 0 Å². The van der Waals surface area contributed by atoms with Crippen molar-refractivity contribution in [1.29, 1.82) is 5.26 Å². The fourth-order valence-corrected chi connectivity index (χ4v) is 4.43. The molecule has 8 heteroatoms. The number of halogens is 1. The number of carbonyl (C=O) groups is 1. The van der Waals surface area contributed by atoms with Gasteiger partial charge in [-0.05, 0) is 65.3 Å². The van der Waals surface area contributed by atoms with Crippen LogP contribution in [0.1, 0.15) is 34.0 Å². The smallest absolute Gasteiger partial charge is 0.335 e. The SMILES string of the molecule is N#Cc1cc2c(=O)n(C[C@@H]3C[C@H]3c3ccc(Cl)cc3-c3cccc(C(=O)O)c3)cnc2cn1. The molecule has 0 saturated heterocycles. The third-order valence-electron chi connectivity index (χ3n) is 6.01. The lowest BCUT2D eigenvalue weighted by atomic mass is 9.95. The van der Waals surface area contributed by atoms with Crippen molar-refractivity contribution in [3.8, 4) is 17.2 Å². The van der Waals surface area contributed by atoms with Gasteiger partial charge in [0.05, 0.1) is 29.0 Å². The lowest BCUT2D eigenvalue weighted by Gasteiger charge is -2.12. The summed E-state index contributed by atoms with van der Waals surface area (Å²) in [4.78, 5) is 32.6. The van der Waals surface area contributed by atoms with Gasteiger partial charge >= 0.3 is 5.97 Å². The van der Waals surface area contributed by atoms with Gasteiger partial charge in [-0.25, -0.2) is 14.8 Å². The maximum atomic E-state index is 13.0. The molecule has 2 heterocycles. The molecule has 1 N–H and O–H groups in total. The first-order chi connectivity index (χ1) is 15.9. The van der Waals surface area contributed by atoms with Gasteiger partial charge in [0.2, 0.25) is 0 Å². The van der Waals surface area contributed by atoms with E-state index in [0.29, 0.717) is 22.5 Å². The molecule has 7 nitrogen and oxygen atoms in total. The first-order valence-electron chi connectivity index (χ1n) is 10.3. The van der Waals surface area contributed by atoms with E-state index in [1.54, 1.807) is 22.8 Å². The van der Waals surface area contributed by atoms with E-state index in [2.05, 4.69) is 9.97 Å². The maximum absolute atomic E-state index is 13.0. The molecular formula is C25H17ClN4O3. The molecule has 4 aromatic rings. The molecule has 0 unspecified atom stereocenters. The molecular weight excluding hydrogens is 440 g/mol. The molecule has 1 fully saturated rings. The zero-order valence-corrected chi connectivity index (χ0v) is 18.0. The molecule has 0 amide bonds. The van der Waals surface area contributed by atoms with Crippen molar-refractivity contribution in [2.75, 3.05) is 0 Å². The first kappa shape index (κ1) is 20.9. The van der Waals surface area contributed by atoms with E-state index < -0.39 is 5.97 Å². The number of fused-ring (bicyclic) bond motifs is 1. The molecule has 33 heavy (non-hydrogen) atoms. The van der Waals surface area contributed by atoms with Crippen LogP contribution in [0.3, 0.4) is 0 Å². The summed E-state index contributed by atoms with van der Waals surface area (Å²) in [6.07, 6.45) is 3.84. The number of pyridine rings is 1. The summed E-state index contributed by atoms with van der Waals surface area (Å²) >= 11 is 6.26. The summed E-state index contributed by atoms with van der Waals surface area (Å²) in [7, 11) is 0. The summed E-state index contributed by atoms with van der Waals surface area (Å²) in [5, 5.41) is 19.4. The molecule has 1 aliphatic carbocycles. The molecule has 162 valence electrons. The Morgan fingerprint density at radius 3 is 2.85 bits per heavy atom. The zero-order chi connectivity index (χ0) is 23.1. The average Bonchev–Trinajstić information content (AvgIpc) is 3.59. The second-order valence-electron chi connectivity index (χ2n) is 8.12. The lowest BCUT2D eigenvalue weighted by Crippen LogP contribution is -2.22. The van der Waals surface area contributed by atoms with Crippen LogP contribution >= 0.6 is 11.6 Å². The monoisotopic (exact) mass is 456 g/mol. The van der Waals surface area contributed by atoms with Gasteiger partial charge in [0.1, 0.15) is 11.8 Å². The molecule has 0 spiro atoms. The molecule has 0 aliphatic heterocycles. The van der Waals surface area contributed by atoms with Crippen LogP contribution in [0.25, 0.3) is 22.0 Å². The van der Waals surface area contributed by atoms with Crippen molar-refractivity contribution in [3.05, 3.63) is 93.3 Å². The molecule has 2 aromatic heterocycles. The number of hydrogen-bond acceptors (Lipinski definition) is 5. The lowest BCUT2D eigenvalue weighted by molar-refractivity contribution is 0.0697. The Hall–Kier alpha value is -4.02. The van der Waals surface area contributed by atoms with Crippen LogP contribution in [0.2, 0.25) is 5.02 Å². The number of benzene rings is 2. The Balaban J connectivity index is 1.46. The Morgan fingerprint density at radius 1 is 1.21 bits per heavy atom. The van der Waals surface area contributed by atoms with Gasteiger partial charge in [-0.2, -0.15) is 5.26 Å². The molecule has 2 atom stereocenters. The third-order valence-corrected chi connectivity index (χ3v) is 6.25. The van der Waals surface area contributed by atoms with Crippen molar-refractivity contribution in [3.63, 3.8) is 0 Å². The van der Waals surface area contributed by atoms with E-state index in [1.807, 2.05) is 30.3 Å². The largest absolute Gasteiger partial charge is 0.478 e. The van der Waals surface area contributed by atoms with E-state index in [4.69, 9.17) is 16.9 Å². The number of nitriles is 1. The van der Waals surface area contributed by atoms with Gasteiger partial charge in [0.15, 0.2) is 0 Å². The molecule has 5 rings (SSSR count). The minimum atomic E-state index is -0.984. The minimum Gasteiger partial charge on any atom is -0.478 e. The highest BCUT2D eigenvalue weighted by Gasteiger charge is 2.40. The van der Waals surface area contributed by atoms with E-state index in [-0.39, 0.29) is 28.7 Å². The summed E-state index contributed by atoms with van der Waals surface area (Å²) in [5.74, 6) is -0.551. The van der Waals surface area contributed by atoms with Gasteiger partial charge in [0.25, 0.3) is 5.56 Å². The Kier molecular flexibility index (Phi) is 5.15. The van der Waals surface area contributed by atoms with Gasteiger partial charge in [-0.1, -0.05) is 29.8 Å². The Labute approximate surface area is 193 Å². The summed E-state index contributed by atoms with van der Waals surface area (Å²) in [6, 6.07) is 15.9. The standard InChI is InChI=1S/C25H17ClN4O3/c26-17-4-5-19(21(8-17)14-2-1-3-15(6-14)25(32)33)20-7-16(20)12-30-13-29-23-11-28-18(10-27)9-22(23)24(30)31/h1-6,8-9,11,13,16,20H,7,12H2,(H,32,33)/t16-,20+/m0/s1. The van der Waals surface area contributed by atoms with Crippen LogP contribution in [-0.4, -0.2) is 25.6 Å².